The van der Waals surface area contributed by atoms with Gasteiger partial charge in [0.1, 0.15) is 0 Å². The fourth-order valence-electron chi connectivity index (χ4n) is 3.59. The van der Waals surface area contributed by atoms with Crippen LogP contribution in [0.1, 0.15) is 54.3 Å². The second kappa shape index (κ2) is 5.71. The molecule has 102 valence electrons. The molecule has 1 heterocycles. The van der Waals surface area contributed by atoms with Gasteiger partial charge in [-0.1, -0.05) is 20.8 Å². The van der Waals surface area contributed by atoms with Gasteiger partial charge in [0.2, 0.25) is 0 Å². The van der Waals surface area contributed by atoms with Crippen LogP contribution in [0.5, 0.6) is 0 Å². The van der Waals surface area contributed by atoms with Gasteiger partial charge in [-0.2, -0.15) is 0 Å². The van der Waals surface area contributed by atoms with E-state index < -0.39 is 0 Å². The van der Waals surface area contributed by atoms with Gasteiger partial charge in [0.05, 0.1) is 0 Å². The van der Waals surface area contributed by atoms with Gasteiger partial charge in [-0.25, -0.2) is 0 Å². The second-order valence-electron chi connectivity index (χ2n) is 6.72. The summed E-state index contributed by atoms with van der Waals surface area (Å²) in [6, 6.07) is 0.648. The van der Waals surface area contributed by atoms with E-state index in [1.165, 1.54) is 58.3 Å². The van der Waals surface area contributed by atoms with E-state index in [0.29, 0.717) is 6.04 Å². The predicted octanol–water partition coefficient (Wildman–Crippen LogP) is 3.13. The number of hydrogen-bond acceptors (Lipinski definition) is 2. The molecule has 0 aromatic carbocycles. The lowest BCUT2D eigenvalue weighted by molar-refractivity contribution is -0.0374. The molecule has 0 amide bonds. The van der Waals surface area contributed by atoms with Gasteiger partial charge in [0, 0.05) is 20.6 Å². The molecule has 2 nitrogen and oxygen atoms in total. The molecule has 1 saturated heterocycles. The fraction of sp³-hybridized carbons (Fsp3) is 1.00. The maximum atomic E-state index is 3.60. The van der Waals surface area contributed by atoms with Crippen molar-refractivity contribution < 1.29 is 1.43 Å². The summed E-state index contributed by atoms with van der Waals surface area (Å²) in [5.41, 5.74) is 0.740. The minimum atomic E-state index is 0. The van der Waals surface area contributed by atoms with Gasteiger partial charge < -0.3 is 10.2 Å². The zero-order valence-corrected chi connectivity index (χ0v) is 12.0. The van der Waals surface area contributed by atoms with Crippen molar-refractivity contribution in [2.75, 3.05) is 26.2 Å². The normalized spacial score (nSPS) is 25.4. The van der Waals surface area contributed by atoms with Crippen LogP contribution in [-0.2, 0) is 0 Å². The molecule has 0 unspecified atom stereocenters. The van der Waals surface area contributed by atoms with E-state index >= 15 is 0 Å². The Morgan fingerprint density at radius 3 is 2.47 bits per heavy atom. The molecule has 2 rings (SSSR count). The smallest absolute Gasteiger partial charge is 0.00505 e. The number of likely N-dealkylation sites (tertiary alicyclic amines) is 1. The molecule has 0 aromatic rings. The maximum Gasteiger partial charge on any atom is 0.00505 e. The third kappa shape index (κ3) is 3.45. The van der Waals surface area contributed by atoms with E-state index in [-0.39, 0.29) is 1.43 Å². The van der Waals surface area contributed by atoms with Crippen LogP contribution in [-0.4, -0.2) is 37.1 Å². The molecule has 0 bridgehead atoms. The summed E-state index contributed by atoms with van der Waals surface area (Å²) < 4.78 is 0. The monoisotopic (exact) mass is 240 g/mol. The SMILES string of the molecule is CCCN1CC2(CCC(CNC(C)C)CC2)C1.[HH]. The molecule has 1 aliphatic heterocycles. The molecular weight excluding hydrogens is 208 g/mol. The minimum Gasteiger partial charge on any atom is -0.314 e. The molecule has 0 atom stereocenters. The van der Waals surface area contributed by atoms with Gasteiger partial charge in [0.25, 0.3) is 0 Å². The Morgan fingerprint density at radius 2 is 1.94 bits per heavy atom. The van der Waals surface area contributed by atoms with Crippen molar-refractivity contribution in [3.63, 3.8) is 0 Å². The molecule has 1 aliphatic carbocycles. The van der Waals surface area contributed by atoms with E-state index in [1.807, 2.05) is 0 Å². The molecule has 17 heavy (non-hydrogen) atoms. The first kappa shape index (κ1) is 13.4. The highest BCUT2D eigenvalue weighted by atomic mass is 15.2. The van der Waals surface area contributed by atoms with Crippen LogP contribution in [0.4, 0.5) is 0 Å². The number of hydrogen-bond donors (Lipinski definition) is 1. The summed E-state index contributed by atoms with van der Waals surface area (Å²) in [4.78, 5) is 2.65. The Hall–Kier alpha value is -0.0800. The highest BCUT2D eigenvalue weighted by Crippen LogP contribution is 2.45. The number of nitrogens with one attached hydrogen (secondary N) is 1. The van der Waals surface area contributed by atoms with E-state index in [9.17, 15) is 0 Å². The number of rotatable bonds is 5. The second-order valence-corrected chi connectivity index (χ2v) is 6.72. The Bertz CT molecular complexity index is 227. The molecule has 2 aliphatic rings. The molecule has 1 N–H and O–H groups in total. The van der Waals surface area contributed by atoms with Gasteiger partial charge in [-0.3, -0.25) is 0 Å². The van der Waals surface area contributed by atoms with Crippen LogP contribution >= 0.6 is 0 Å². The first-order valence-electron chi connectivity index (χ1n) is 7.59. The summed E-state index contributed by atoms with van der Waals surface area (Å²) >= 11 is 0. The Kier molecular flexibility index (Phi) is 4.48. The van der Waals surface area contributed by atoms with Crippen LogP contribution < -0.4 is 5.32 Å². The summed E-state index contributed by atoms with van der Waals surface area (Å²) in [6.07, 6.45) is 7.20. The predicted molar refractivity (Wildman–Crippen MR) is 76.4 cm³/mol. The van der Waals surface area contributed by atoms with Crippen molar-refractivity contribution in [1.82, 2.24) is 10.2 Å². The average molecular weight is 240 g/mol. The van der Waals surface area contributed by atoms with Crippen LogP contribution in [0.25, 0.3) is 0 Å². The molecule has 2 heteroatoms. The highest BCUT2D eigenvalue weighted by Gasteiger charge is 2.44. The zero-order valence-electron chi connectivity index (χ0n) is 12.0. The molecular formula is C15H32N2. The third-order valence-electron chi connectivity index (χ3n) is 4.64. The highest BCUT2D eigenvalue weighted by molar-refractivity contribution is 4.97. The molecule has 0 radical (unpaired) electrons. The first-order valence-corrected chi connectivity index (χ1v) is 7.59. The lowest BCUT2D eigenvalue weighted by atomic mass is 9.66. The first-order chi connectivity index (χ1) is 8.13. The largest absolute Gasteiger partial charge is 0.314 e. The van der Waals surface area contributed by atoms with Gasteiger partial charge in [-0.15, -0.1) is 0 Å². The Morgan fingerprint density at radius 1 is 1.29 bits per heavy atom. The van der Waals surface area contributed by atoms with Crippen molar-refractivity contribution in [1.29, 1.82) is 0 Å². The van der Waals surface area contributed by atoms with E-state index in [4.69, 9.17) is 0 Å². The summed E-state index contributed by atoms with van der Waals surface area (Å²) in [6.45, 7) is 12.1. The van der Waals surface area contributed by atoms with Crippen molar-refractivity contribution in [2.45, 2.75) is 58.9 Å². The molecule has 2 fully saturated rings. The van der Waals surface area contributed by atoms with Crippen LogP contribution in [0.3, 0.4) is 0 Å². The van der Waals surface area contributed by atoms with Gasteiger partial charge in [-0.05, 0) is 56.5 Å². The quantitative estimate of drug-likeness (QED) is 0.794. The van der Waals surface area contributed by atoms with Gasteiger partial charge in [0.15, 0.2) is 0 Å². The topological polar surface area (TPSA) is 15.3 Å². The average Bonchev–Trinajstić information content (AvgIpc) is 2.26. The summed E-state index contributed by atoms with van der Waals surface area (Å²) in [5, 5.41) is 3.60. The van der Waals surface area contributed by atoms with Crippen LogP contribution in [0, 0.1) is 11.3 Å². The third-order valence-corrected chi connectivity index (χ3v) is 4.64. The van der Waals surface area contributed by atoms with E-state index in [1.54, 1.807) is 0 Å². The summed E-state index contributed by atoms with van der Waals surface area (Å²) in [5.74, 6) is 0.947. The van der Waals surface area contributed by atoms with Crippen molar-refractivity contribution in [3.8, 4) is 0 Å². The lowest BCUT2D eigenvalue weighted by Gasteiger charge is -2.53. The zero-order chi connectivity index (χ0) is 12.3. The van der Waals surface area contributed by atoms with E-state index in [0.717, 1.165) is 11.3 Å². The minimum absolute atomic E-state index is 0. The van der Waals surface area contributed by atoms with Crippen molar-refractivity contribution in [3.05, 3.63) is 0 Å². The number of nitrogens with zero attached hydrogens (tertiary/aromatic N) is 1. The van der Waals surface area contributed by atoms with E-state index in [2.05, 4.69) is 31.0 Å². The molecule has 0 aromatic heterocycles. The standard InChI is InChI=1S/C15H30N2.H2/c1-4-9-17-11-15(12-17)7-5-14(6-8-15)10-16-13(2)3;/h13-14,16H,4-12H2,1-3H3;1H. The Labute approximate surface area is 109 Å². The van der Waals surface area contributed by atoms with Crippen molar-refractivity contribution in [2.24, 2.45) is 11.3 Å². The molecule has 1 spiro atoms. The summed E-state index contributed by atoms with van der Waals surface area (Å²) in [7, 11) is 0. The van der Waals surface area contributed by atoms with Crippen molar-refractivity contribution >= 4 is 0 Å². The van der Waals surface area contributed by atoms with Gasteiger partial charge >= 0.3 is 0 Å². The maximum absolute atomic E-state index is 3.60. The van der Waals surface area contributed by atoms with Crippen LogP contribution in [0.2, 0.25) is 0 Å². The molecule has 1 saturated carbocycles. The lowest BCUT2D eigenvalue weighted by Crippen LogP contribution is -2.57. The van der Waals surface area contributed by atoms with Crippen LogP contribution in [0.15, 0.2) is 0 Å². The fourth-order valence-corrected chi connectivity index (χ4v) is 3.59. The Balaban J connectivity index is 0.00000162.